The van der Waals surface area contributed by atoms with Gasteiger partial charge in [-0.15, -0.1) is 0 Å². The molecule has 1 amide bonds. The van der Waals surface area contributed by atoms with Crippen LogP contribution in [0.1, 0.15) is 16.3 Å². The summed E-state index contributed by atoms with van der Waals surface area (Å²) >= 11 is 0. The van der Waals surface area contributed by atoms with Crippen LogP contribution < -0.4 is 5.32 Å². The highest BCUT2D eigenvalue weighted by atomic mass is 16.2. The highest BCUT2D eigenvalue weighted by molar-refractivity contribution is 5.99. The van der Waals surface area contributed by atoms with Crippen molar-refractivity contribution in [3.8, 4) is 0 Å². The summed E-state index contributed by atoms with van der Waals surface area (Å²) in [5.74, 6) is 0.886. The number of hydrogen-bond donors (Lipinski definition) is 1. The first-order valence-corrected chi connectivity index (χ1v) is 6.21. The van der Waals surface area contributed by atoms with Gasteiger partial charge in [-0.25, -0.2) is 4.98 Å². The van der Waals surface area contributed by atoms with E-state index in [-0.39, 0.29) is 5.91 Å². The molecule has 0 unspecified atom stereocenters. The lowest BCUT2D eigenvalue weighted by Crippen LogP contribution is -2.46. The number of nitrogens with zero attached hydrogens (tertiary/aromatic N) is 3. The van der Waals surface area contributed by atoms with Crippen LogP contribution in [0.5, 0.6) is 0 Å². The number of hydrogen-bond acceptors (Lipinski definition) is 3. The number of imidazole rings is 1. The van der Waals surface area contributed by atoms with Crippen molar-refractivity contribution in [2.24, 2.45) is 0 Å². The smallest absolute Gasteiger partial charge is 0.274 e. The Balaban J connectivity index is 2.00. The number of aromatic nitrogens is 2. The van der Waals surface area contributed by atoms with Gasteiger partial charge in [0.15, 0.2) is 5.69 Å². The molecule has 0 aromatic carbocycles. The largest absolute Gasteiger partial charge is 0.335 e. The monoisotopic (exact) mass is 244 g/mol. The summed E-state index contributed by atoms with van der Waals surface area (Å²) in [6, 6.07) is 5.82. The molecule has 2 aromatic rings. The summed E-state index contributed by atoms with van der Waals surface area (Å²) in [5.41, 5.74) is 1.45. The molecule has 0 atom stereocenters. The van der Waals surface area contributed by atoms with E-state index in [1.165, 1.54) is 0 Å². The van der Waals surface area contributed by atoms with E-state index in [4.69, 9.17) is 0 Å². The topological polar surface area (TPSA) is 49.6 Å². The second kappa shape index (κ2) is 4.42. The summed E-state index contributed by atoms with van der Waals surface area (Å²) < 4.78 is 1.95. The number of rotatable bonds is 1. The van der Waals surface area contributed by atoms with E-state index in [9.17, 15) is 4.79 Å². The van der Waals surface area contributed by atoms with Gasteiger partial charge in [0.2, 0.25) is 0 Å². The standard InChI is InChI=1S/C13H16N4O/c1-10-15-12(11-4-2-3-7-17(10)11)13(18)16-8-5-14-6-9-16/h2-4,7,14H,5-6,8-9H2,1H3. The number of nitrogens with one attached hydrogen (secondary N) is 1. The van der Waals surface area contributed by atoms with Gasteiger partial charge < -0.3 is 14.6 Å². The average molecular weight is 244 g/mol. The molecule has 0 bridgehead atoms. The lowest BCUT2D eigenvalue weighted by atomic mass is 10.2. The maximum Gasteiger partial charge on any atom is 0.274 e. The van der Waals surface area contributed by atoms with Crippen LogP contribution >= 0.6 is 0 Å². The van der Waals surface area contributed by atoms with Crippen molar-refractivity contribution >= 4 is 11.4 Å². The third-order valence-electron chi connectivity index (χ3n) is 3.33. The zero-order valence-corrected chi connectivity index (χ0v) is 10.4. The lowest BCUT2D eigenvalue weighted by molar-refractivity contribution is 0.0732. The molecule has 5 heteroatoms. The van der Waals surface area contributed by atoms with E-state index >= 15 is 0 Å². The molecule has 94 valence electrons. The van der Waals surface area contributed by atoms with Crippen LogP contribution in [-0.2, 0) is 0 Å². The number of aryl methyl sites for hydroxylation is 1. The van der Waals surface area contributed by atoms with Gasteiger partial charge in [0.05, 0.1) is 5.52 Å². The molecule has 1 aliphatic heterocycles. The molecule has 3 rings (SSSR count). The van der Waals surface area contributed by atoms with Gasteiger partial charge >= 0.3 is 0 Å². The lowest BCUT2D eigenvalue weighted by Gasteiger charge is -2.26. The molecular formula is C13H16N4O. The number of carbonyl (C=O) groups excluding carboxylic acids is 1. The van der Waals surface area contributed by atoms with E-state index in [1.807, 2.05) is 40.6 Å². The van der Waals surface area contributed by atoms with Crippen molar-refractivity contribution < 1.29 is 4.79 Å². The molecule has 0 aliphatic carbocycles. The molecule has 1 fully saturated rings. The molecule has 0 spiro atoms. The summed E-state index contributed by atoms with van der Waals surface area (Å²) in [5, 5.41) is 3.24. The van der Waals surface area contributed by atoms with Crippen LogP contribution in [-0.4, -0.2) is 46.4 Å². The SMILES string of the molecule is Cc1nc(C(=O)N2CCNCC2)c2ccccn12. The second-order valence-electron chi connectivity index (χ2n) is 4.51. The molecule has 2 aromatic heterocycles. The third kappa shape index (κ3) is 1.76. The van der Waals surface area contributed by atoms with Gasteiger partial charge in [0, 0.05) is 32.4 Å². The summed E-state index contributed by atoms with van der Waals surface area (Å²) in [6.45, 7) is 5.14. The zero-order chi connectivity index (χ0) is 12.5. The molecule has 3 heterocycles. The molecule has 18 heavy (non-hydrogen) atoms. The fraction of sp³-hybridized carbons (Fsp3) is 0.385. The van der Waals surface area contributed by atoms with Crippen molar-refractivity contribution in [2.45, 2.75) is 6.92 Å². The minimum atomic E-state index is 0.0355. The van der Waals surface area contributed by atoms with Crippen LogP contribution in [0.2, 0.25) is 0 Å². The quantitative estimate of drug-likeness (QED) is 0.803. The maximum atomic E-state index is 12.4. The fourth-order valence-electron chi connectivity index (χ4n) is 2.37. The van der Waals surface area contributed by atoms with Crippen molar-refractivity contribution in [3.63, 3.8) is 0 Å². The molecule has 1 saturated heterocycles. The van der Waals surface area contributed by atoms with Crippen LogP contribution in [0, 0.1) is 6.92 Å². The average Bonchev–Trinajstić information content (AvgIpc) is 2.77. The number of carbonyl (C=O) groups is 1. The van der Waals surface area contributed by atoms with E-state index in [2.05, 4.69) is 10.3 Å². The van der Waals surface area contributed by atoms with Gasteiger partial charge in [-0.05, 0) is 19.1 Å². The van der Waals surface area contributed by atoms with Gasteiger partial charge in [0.25, 0.3) is 5.91 Å². The number of pyridine rings is 1. The van der Waals surface area contributed by atoms with Crippen LogP contribution in [0.4, 0.5) is 0 Å². The van der Waals surface area contributed by atoms with Crippen LogP contribution in [0.25, 0.3) is 5.52 Å². The molecule has 1 aliphatic rings. The Morgan fingerprint density at radius 3 is 2.89 bits per heavy atom. The first-order chi connectivity index (χ1) is 8.77. The first kappa shape index (κ1) is 11.2. The Bertz CT molecular complexity index is 584. The minimum absolute atomic E-state index is 0.0355. The van der Waals surface area contributed by atoms with E-state index < -0.39 is 0 Å². The highest BCUT2D eigenvalue weighted by Gasteiger charge is 2.22. The van der Waals surface area contributed by atoms with E-state index in [0.29, 0.717) is 5.69 Å². The first-order valence-electron chi connectivity index (χ1n) is 6.21. The van der Waals surface area contributed by atoms with Crippen molar-refractivity contribution in [3.05, 3.63) is 35.9 Å². The number of amides is 1. The van der Waals surface area contributed by atoms with E-state index in [1.54, 1.807) is 0 Å². The Morgan fingerprint density at radius 2 is 2.11 bits per heavy atom. The maximum absolute atomic E-state index is 12.4. The van der Waals surface area contributed by atoms with Gasteiger partial charge in [0.1, 0.15) is 5.82 Å². The highest BCUT2D eigenvalue weighted by Crippen LogP contribution is 2.15. The normalized spacial score (nSPS) is 16.2. The van der Waals surface area contributed by atoms with Crippen LogP contribution in [0.3, 0.4) is 0 Å². The Labute approximate surface area is 105 Å². The number of piperazine rings is 1. The zero-order valence-electron chi connectivity index (χ0n) is 10.4. The van der Waals surface area contributed by atoms with Crippen molar-refractivity contribution in [1.82, 2.24) is 19.6 Å². The molecule has 1 N–H and O–H groups in total. The second-order valence-corrected chi connectivity index (χ2v) is 4.51. The molecule has 0 saturated carbocycles. The molecule has 5 nitrogen and oxygen atoms in total. The van der Waals surface area contributed by atoms with Gasteiger partial charge in [-0.2, -0.15) is 0 Å². The predicted octanol–water partition coefficient (Wildman–Crippen LogP) is 0.688. The Kier molecular flexibility index (Phi) is 2.76. The predicted molar refractivity (Wildman–Crippen MR) is 68.7 cm³/mol. The number of fused-ring (bicyclic) bond motifs is 1. The van der Waals surface area contributed by atoms with Crippen molar-refractivity contribution in [2.75, 3.05) is 26.2 Å². The Hall–Kier alpha value is -1.88. The van der Waals surface area contributed by atoms with Gasteiger partial charge in [-0.1, -0.05) is 6.07 Å². The molecular weight excluding hydrogens is 228 g/mol. The third-order valence-corrected chi connectivity index (χ3v) is 3.33. The summed E-state index contributed by atoms with van der Waals surface area (Å²) in [4.78, 5) is 18.7. The van der Waals surface area contributed by atoms with Gasteiger partial charge in [-0.3, -0.25) is 4.79 Å². The van der Waals surface area contributed by atoms with E-state index in [0.717, 1.165) is 37.5 Å². The van der Waals surface area contributed by atoms with Crippen LogP contribution in [0.15, 0.2) is 24.4 Å². The fourth-order valence-corrected chi connectivity index (χ4v) is 2.37. The van der Waals surface area contributed by atoms with Crippen molar-refractivity contribution in [1.29, 1.82) is 0 Å². The summed E-state index contributed by atoms with van der Waals surface area (Å²) in [6.07, 6.45) is 1.94. The summed E-state index contributed by atoms with van der Waals surface area (Å²) in [7, 11) is 0. The minimum Gasteiger partial charge on any atom is -0.335 e. The molecule has 0 radical (unpaired) electrons. The Morgan fingerprint density at radius 1 is 1.33 bits per heavy atom.